The molecule has 1 aromatic carbocycles. The number of halogens is 4. The number of rotatable bonds is 7. The van der Waals surface area contributed by atoms with Crippen molar-refractivity contribution in [3.05, 3.63) is 34.1 Å². The minimum atomic E-state index is -2.50. The Morgan fingerprint density at radius 1 is 1.28 bits per heavy atom. The minimum Gasteiger partial charge on any atom is -0.393 e. The fourth-order valence-corrected chi connectivity index (χ4v) is 2.01. The van der Waals surface area contributed by atoms with Crippen molar-refractivity contribution in [1.29, 1.82) is 0 Å². The van der Waals surface area contributed by atoms with Crippen LogP contribution < -0.4 is 0 Å². The summed E-state index contributed by atoms with van der Waals surface area (Å²) in [4.78, 5) is 0. The van der Waals surface area contributed by atoms with E-state index in [2.05, 4.69) is 20.7 Å². The van der Waals surface area contributed by atoms with E-state index in [1.807, 2.05) is 0 Å². The first-order valence-electron chi connectivity index (χ1n) is 5.46. The molecule has 0 spiro atoms. The number of aliphatic hydroxyl groups excluding tert-OH is 1. The minimum absolute atomic E-state index is 0.0575. The second kappa shape index (κ2) is 7.76. The lowest BCUT2D eigenvalue weighted by atomic mass is 10.1. The molecule has 0 heterocycles. The lowest BCUT2D eigenvalue weighted by molar-refractivity contribution is 0.00512. The summed E-state index contributed by atoms with van der Waals surface area (Å²) in [6.07, 6.45) is -2.74. The molecule has 0 bridgehead atoms. The fourth-order valence-electron chi connectivity index (χ4n) is 1.49. The highest BCUT2D eigenvalue weighted by Gasteiger charge is 2.09. The molecule has 1 atom stereocenters. The fraction of sp³-hybridized carbons (Fsp3) is 0.500. The molecular weight excluding hydrogens is 313 g/mol. The van der Waals surface area contributed by atoms with E-state index in [0.717, 1.165) is 0 Å². The van der Waals surface area contributed by atoms with E-state index in [0.29, 0.717) is 10.0 Å². The molecule has 0 saturated heterocycles. The van der Waals surface area contributed by atoms with Gasteiger partial charge in [-0.25, -0.2) is 13.2 Å². The second-order valence-corrected chi connectivity index (χ2v) is 4.81. The summed E-state index contributed by atoms with van der Waals surface area (Å²) in [6.45, 7) is -0.569. The normalized spacial score (nSPS) is 13.0. The Balaban J connectivity index is 2.33. The van der Waals surface area contributed by atoms with Gasteiger partial charge in [0.15, 0.2) is 0 Å². The molecule has 1 aromatic rings. The maximum absolute atomic E-state index is 13.1. The van der Waals surface area contributed by atoms with E-state index in [1.54, 1.807) is 6.07 Å². The molecule has 1 unspecified atom stereocenters. The maximum atomic E-state index is 13.1. The van der Waals surface area contributed by atoms with Crippen LogP contribution in [-0.4, -0.2) is 30.8 Å². The van der Waals surface area contributed by atoms with Crippen LogP contribution in [0, 0.1) is 5.82 Å². The van der Waals surface area contributed by atoms with E-state index in [1.165, 1.54) is 12.1 Å². The van der Waals surface area contributed by atoms with Crippen LogP contribution >= 0.6 is 15.9 Å². The lowest BCUT2D eigenvalue weighted by Crippen LogP contribution is -2.15. The van der Waals surface area contributed by atoms with Crippen molar-refractivity contribution >= 4 is 15.9 Å². The molecule has 0 aliphatic rings. The van der Waals surface area contributed by atoms with E-state index in [4.69, 9.17) is 0 Å². The summed E-state index contributed by atoms with van der Waals surface area (Å²) in [5, 5.41) is 9.64. The van der Waals surface area contributed by atoms with Gasteiger partial charge in [0.05, 0.1) is 6.10 Å². The molecule has 6 heteroatoms. The van der Waals surface area contributed by atoms with Crippen molar-refractivity contribution in [2.24, 2.45) is 0 Å². The van der Waals surface area contributed by atoms with Gasteiger partial charge >= 0.3 is 0 Å². The first kappa shape index (κ1) is 15.5. The zero-order chi connectivity index (χ0) is 13.5. The van der Waals surface area contributed by atoms with Gasteiger partial charge in [0.25, 0.3) is 6.43 Å². The van der Waals surface area contributed by atoms with Crippen molar-refractivity contribution in [2.45, 2.75) is 25.4 Å². The number of benzene rings is 1. The highest BCUT2D eigenvalue weighted by molar-refractivity contribution is 9.10. The molecule has 0 amide bonds. The summed E-state index contributed by atoms with van der Waals surface area (Å²) >= 11 is 3.15. The van der Waals surface area contributed by atoms with Gasteiger partial charge in [-0.05, 0) is 36.6 Å². The quantitative estimate of drug-likeness (QED) is 0.780. The first-order chi connectivity index (χ1) is 8.47. The lowest BCUT2D eigenvalue weighted by Gasteiger charge is -2.11. The Hall–Kier alpha value is -0.590. The van der Waals surface area contributed by atoms with Gasteiger partial charge in [0.1, 0.15) is 12.4 Å². The third-order valence-corrected chi connectivity index (χ3v) is 2.69. The predicted molar refractivity (Wildman–Crippen MR) is 65.3 cm³/mol. The van der Waals surface area contributed by atoms with Gasteiger partial charge in [0.2, 0.25) is 0 Å². The van der Waals surface area contributed by atoms with Crippen molar-refractivity contribution in [1.82, 2.24) is 0 Å². The van der Waals surface area contributed by atoms with Gasteiger partial charge in [-0.15, -0.1) is 0 Å². The molecule has 2 nitrogen and oxygen atoms in total. The third kappa shape index (κ3) is 6.37. The van der Waals surface area contributed by atoms with Crippen LogP contribution in [0.2, 0.25) is 0 Å². The average molecular weight is 327 g/mol. The number of aliphatic hydroxyl groups is 1. The molecule has 0 aliphatic carbocycles. The number of hydrogen-bond acceptors (Lipinski definition) is 2. The van der Waals surface area contributed by atoms with Crippen molar-refractivity contribution in [3.8, 4) is 0 Å². The van der Waals surface area contributed by atoms with Gasteiger partial charge in [0, 0.05) is 11.1 Å². The Bertz CT molecular complexity index is 354. The molecule has 0 saturated carbocycles. The molecule has 1 rings (SSSR count). The van der Waals surface area contributed by atoms with E-state index < -0.39 is 19.1 Å². The van der Waals surface area contributed by atoms with Crippen molar-refractivity contribution in [2.75, 3.05) is 13.2 Å². The molecule has 1 N–H and O–H groups in total. The zero-order valence-corrected chi connectivity index (χ0v) is 11.2. The van der Waals surface area contributed by atoms with Crippen LogP contribution in [0.1, 0.15) is 12.0 Å². The summed E-state index contributed by atoms with van der Waals surface area (Å²) < 4.78 is 41.8. The molecule has 0 aliphatic heterocycles. The van der Waals surface area contributed by atoms with Crippen molar-refractivity contribution < 1.29 is 23.0 Å². The topological polar surface area (TPSA) is 29.5 Å². The predicted octanol–water partition coefficient (Wildman–Crippen LogP) is 3.16. The second-order valence-electron chi connectivity index (χ2n) is 3.89. The monoisotopic (exact) mass is 326 g/mol. The van der Waals surface area contributed by atoms with Crippen LogP contribution in [-0.2, 0) is 11.2 Å². The number of ether oxygens (including phenoxy) is 1. The number of hydrogen-bond donors (Lipinski definition) is 1. The number of alkyl halides is 2. The summed E-state index contributed by atoms with van der Waals surface area (Å²) in [5.41, 5.74) is 0.642. The Kier molecular flexibility index (Phi) is 6.67. The molecule has 18 heavy (non-hydrogen) atoms. The van der Waals surface area contributed by atoms with Gasteiger partial charge < -0.3 is 9.84 Å². The van der Waals surface area contributed by atoms with Crippen LogP contribution in [0.4, 0.5) is 13.2 Å². The molecule has 0 radical (unpaired) electrons. The van der Waals surface area contributed by atoms with Gasteiger partial charge in [-0.3, -0.25) is 0 Å². The smallest absolute Gasteiger partial charge is 0.261 e. The van der Waals surface area contributed by atoms with E-state index in [9.17, 15) is 18.3 Å². The first-order valence-corrected chi connectivity index (χ1v) is 6.25. The Labute approximate surface area is 112 Å². The van der Waals surface area contributed by atoms with Gasteiger partial charge in [-0.2, -0.15) is 0 Å². The molecular formula is C12H14BrF3O2. The molecule has 0 aromatic heterocycles. The van der Waals surface area contributed by atoms with Crippen LogP contribution in [0.15, 0.2) is 22.7 Å². The van der Waals surface area contributed by atoms with Crippen LogP contribution in [0.25, 0.3) is 0 Å². The molecule has 0 fully saturated rings. The van der Waals surface area contributed by atoms with E-state index in [-0.39, 0.29) is 25.3 Å². The van der Waals surface area contributed by atoms with Crippen LogP contribution in [0.5, 0.6) is 0 Å². The highest BCUT2D eigenvalue weighted by atomic mass is 79.9. The largest absolute Gasteiger partial charge is 0.393 e. The average Bonchev–Trinajstić information content (AvgIpc) is 2.22. The van der Waals surface area contributed by atoms with Crippen LogP contribution in [0.3, 0.4) is 0 Å². The zero-order valence-electron chi connectivity index (χ0n) is 9.58. The third-order valence-electron chi connectivity index (χ3n) is 2.23. The van der Waals surface area contributed by atoms with E-state index >= 15 is 0 Å². The summed E-state index contributed by atoms with van der Waals surface area (Å²) in [6, 6.07) is 4.35. The maximum Gasteiger partial charge on any atom is 0.261 e. The Morgan fingerprint density at radius 3 is 2.61 bits per heavy atom. The summed E-state index contributed by atoms with van der Waals surface area (Å²) in [5.74, 6) is -0.388. The highest BCUT2D eigenvalue weighted by Crippen LogP contribution is 2.16. The standard InChI is InChI=1S/C12H14BrF3O2/c13-9-3-8(4-10(14)6-9)5-11(17)1-2-18-7-12(15)16/h3-4,6,11-12,17H,1-2,5,7H2. The van der Waals surface area contributed by atoms with Crippen molar-refractivity contribution in [3.63, 3.8) is 0 Å². The summed E-state index contributed by atoms with van der Waals surface area (Å²) in [7, 11) is 0. The Morgan fingerprint density at radius 2 is 2.00 bits per heavy atom. The molecule has 102 valence electrons. The van der Waals surface area contributed by atoms with Gasteiger partial charge in [-0.1, -0.05) is 15.9 Å². The SMILES string of the molecule is OC(CCOCC(F)F)Cc1cc(F)cc(Br)c1.